The van der Waals surface area contributed by atoms with Crippen LogP contribution >= 0.6 is 0 Å². The molecule has 0 bridgehead atoms. The fraction of sp³-hybridized carbons (Fsp3) is 0.375. The summed E-state index contributed by atoms with van der Waals surface area (Å²) in [6, 6.07) is 5.96. The van der Waals surface area contributed by atoms with Crippen molar-refractivity contribution in [2.45, 2.75) is 20.3 Å². The summed E-state index contributed by atoms with van der Waals surface area (Å²) in [5.41, 5.74) is 3.68. The van der Waals surface area contributed by atoms with Gasteiger partial charge in [-0.15, -0.1) is 0 Å². The summed E-state index contributed by atoms with van der Waals surface area (Å²) < 4.78 is 5.25. The quantitative estimate of drug-likeness (QED) is 0.932. The number of nitrogens with one attached hydrogen (secondary N) is 1. The molecule has 0 aliphatic carbocycles. The van der Waals surface area contributed by atoms with E-state index in [1.54, 1.807) is 7.11 Å². The molecule has 0 saturated heterocycles. The first-order valence-electron chi connectivity index (χ1n) is 6.89. The topological polar surface area (TPSA) is 54.5 Å². The van der Waals surface area contributed by atoms with Crippen molar-refractivity contribution in [3.05, 3.63) is 29.5 Å². The smallest absolute Gasteiger partial charge is 0.185 e. The minimum Gasteiger partial charge on any atom is -0.497 e. The number of rotatable bonds is 3. The summed E-state index contributed by atoms with van der Waals surface area (Å²) in [4.78, 5) is 20.1. The molecule has 1 aromatic heterocycles. The molecule has 0 saturated carbocycles. The van der Waals surface area contributed by atoms with Gasteiger partial charge in [0.1, 0.15) is 11.5 Å². The number of H-pyrrole nitrogens is 1. The molecule has 3 rings (SSSR count). The van der Waals surface area contributed by atoms with Crippen LogP contribution in [0.25, 0.3) is 10.9 Å². The molecule has 4 heteroatoms. The molecule has 20 heavy (non-hydrogen) atoms. The number of aliphatic imine (C=N–C) groups is 1. The molecule has 0 spiro atoms. The Morgan fingerprint density at radius 2 is 2.20 bits per heavy atom. The maximum atomic E-state index is 12.3. The van der Waals surface area contributed by atoms with Crippen LogP contribution in [0.1, 0.15) is 25.1 Å². The van der Waals surface area contributed by atoms with Crippen molar-refractivity contribution in [1.29, 1.82) is 0 Å². The Labute approximate surface area is 117 Å². The lowest BCUT2D eigenvalue weighted by Crippen LogP contribution is -2.25. The number of nitrogens with zero attached hydrogens (tertiary/aromatic N) is 1. The number of fused-ring (bicyclic) bond motifs is 3. The Morgan fingerprint density at radius 3 is 2.90 bits per heavy atom. The average molecular weight is 270 g/mol. The highest BCUT2D eigenvalue weighted by molar-refractivity contribution is 6.47. The third-order valence-corrected chi connectivity index (χ3v) is 3.74. The Hall–Kier alpha value is -2.10. The minimum atomic E-state index is -0.0411. The molecule has 0 fully saturated rings. The van der Waals surface area contributed by atoms with Gasteiger partial charge in [0.05, 0.1) is 12.8 Å². The van der Waals surface area contributed by atoms with E-state index in [2.05, 4.69) is 9.98 Å². The second-order valence-electron chi connectivity index (χ2n) is 5.39. The Balaban J connectivity index is 2.16. The van der Waals surface area contributed by atoms with Gasteiger partial charge >= 0.3 is 0 Å². The largest absolute Gasteiger partial charge is 0.497 e. The lowest BCUT2D eigenvalue weighted by Gasteiger charge is -2.13. The van der Waals surface area contributed by atoms with E-state index in [9.17, 15) is 4.79 Å². The second kappa shape index (κ2) is 4.78. The van der Waals surface area contributed by atoms with Gasteiger partial charge in [0.2, 0.25) is 0 Å². The van der Waals surface area contributed by atoms with Crippen LogP contribution < -0.4 is 4.74 Å². The first-order chi connectivity index (χ1) is 9.61. The van der Waals surface area contributed by atoms with Crippen molar-refractivity contribution in [2.75, 3.05) is 13.7 Å². The van der Waals surface area contributed by atoms with Crippen LogP contribution in [0, 0.1) is 5.92 Å². The molecule has 4 nitrogen and oxygen atoms in total. The van der Waals surface area contributed by atoms with Crippen LogP contribution in [0.4, 0.5) is 0 Å². The van der Waals surface area contributed by atoms with E-state index in [4.69, 9.17) is 4.74 Å². The maximum Gasteiger partial charge on any atom is 0.185 e. The van der Waals surface area contributed by atoms with Gasteiger partial charge in [-0.2, -0.15) is 0 Å². The van der Waals surface area contributed by atoms with Gasteiger partial charge in [0.15, 0.2) is 5.78 Å². The van der Waals surface area contributed by atoms with Crippen molar-refractivity contribution < 1.29 is 9.53 Å². The molecule has 104 valence electrons. The van der Waals surface area contributed by atoms with Gasteiger partial charge in [0.25, 0.3) is 0 Å². The number of carbonyl (C=O) groups is 1. The van der Waals surface area contributed by atoms with Crippen LogP contribution in [0.2, 0.25) is 0 Å². The van der Waals surface area contributed by atoms with Crippen molar-refractivity contribution in [1.82, 2.24) is 4.98 Å². The van der Waals surface area contributed by atoms with Gasteiger partial charge in [-0.25, -0.2) is 0 Å². The van der Waals surface area contributed by atoms with Crippen molar-refractivity contribution in [2.24, 2.45) is 10.9 Å². The fourth-order valence-electron chi connectivity index (χ4n) is 2.66. The molecule has 0 atom stereocenters. The number of Topliss-reactive ketones (excluding diaryl/α,β-unsaturated/α-hetero) is 1. The zero-order valence-corrected chi connectivity index (χ0v) is 12.0. The van der Waals surface area contributed by atoms with E-state index in [-0.39, 0.29) is 11.7 Å². The van der Waals surface area contributed by atoms with Gasteiger partial charge in [-0.3, -0.25) is 9.79 Å². The number of hydrogen-bond donors (Lipinski definition) is 1. The van der Waals surface area contributed by atoms with Crippen molar-refractivity contribution in [3.8, 4) is 5.75 Å². The molecule has 1 aliphatic heterocycles. The number of aromatic nitrogens is 1. The molecule has 0 unspecified atom stereocenters. The Bertz CT molecular complexity index is 711. The number of hydrogen-bond acceptors (Lipinski definition) is 3. The highest BCUT2D eigenvalue weighted by atomic mass is 16.5. The van der Waals surface area contributed by atoms with E-state index >= 15 is 0 Å². The third kappa shape index (κ3) is 1.92. The third-order valence-electron chi connectivity index (χ3n) is 3.74. The average Bonchev–Trinajstić information content (AvgIpc) is 2.83. The van der Waals surface area contributed by atoms with Crippen LogP contribution in [0.5, 0.6) is 5.75 Å². The first-order valence-corrected chi connectivity index (χ1v) is 6.89. The first kappa shape index (κ1) is 12.9. The lowest BCUT2D eigenvalue weighted by atomic mass is 9.96. The number of ether oxygens (including phenoxy) is 1. The van der Waals surface area contributed by atoms with Gasteiger partial charge in [0, 0.05) is 29.4 Å². The SMILES string of the molecule is COc1ccc2c3c([nH]c2c1)C(C(=O)C(C)C)=NCC3. The molecule has 2 aromatic rings. The van der Waals surface area contributed by atoms with Crippen molar-refractivity contribution in [3.63, 3.8) is 0 Å². The van der Waals surface area contributed by atoms with E-state index in [0.717, 1.165) is 28.8 Å². The van der Waals surface area contributed by atoms with Gasteiger partial charge in [-0.05, 0) is 24.1 Å². The summed E-state index contributed by atoms with van der Waals surface area (Å²) in [7, 11) is 1.65. The highest BCUT2D eigenvalue weighted by Crippen LogP contribution is 2.29. The summed E-state index contributed by atoms with van der Waals surface area (Å²) in [6.45, 7) is 4.50. The molecule has 1 N–H and O–H groups in total. The number of methoxy groups -OCH3 is 1. The van der Waals surface area contributed by atoms with E-state index in [1.165, 1.54) is 5.56 Å². The second-order valence-corrected chi connectivity index (χ2v) is 5.39. The summed E-state index contributed by atoms with van der Waals surface area (Å²) in [6.07, 6.45) is 0.872. The number of ketones is 1. The fourth-order valence-corrected chi connectivity index (χ4v) is 2.66. The van der Waals surface area contributed by atoms with Gasteiger partial charge < -0.3 is 9.72 Å². The van der Waals surface area contributed by atoms with Gasteiger partial charge in [-0.1, -0.05) is 13.8 Å². The molecular weight excluding hydrogens is 252 g/mol. The molecule has 1 aliphatic rings. The molecule has 1 aromatic carbocycles. The number of carbonyl (C=O) groups excluding carboxylic acids is 1. The zero-order chi connectivity index (χ0) is 14.3. The van der Waals surface area contributed by atoms with E-state index in [1.807, 2.05) is 32.0 Å². The number of aromatic amines is 1. The monoisotopic (exact) mass is 270 g/mol. The lowest BCUT2D eigenvalue weighted by molar-refractivity contribution is -0.115. The van der Waals surface area contributed by atoms with Crippen LogP contribution in [0.15, 0.2) is 23.2 Å². The molecular formula is C16H18N2O2. The van der Waals surface area contributed by atoms with Crippen LogP contribution in [0.3, 0.4) is 0 Å². The van der Waals surface area contributed by atoms with E-state index < -0.39 is 0 Å². The normalized spacial score (nSPS) is 14.3. The predicted octanol–water partition coefficient (Wildman–Crippen LogP) is 2.75. The molecule has 0 amide bonds. The molecule has 0 radical (unpaired) electrons. The maximum absolute atomic E-state index is 12.3. The Kier molecular flexibility index (Phi) is 3.08. The van der Waals surface area contributed by atoms with Crippen molar-refractivity contribution >= 4 is 22.4 Å². The summed E-state index contributed by atoms with van der Waals surface area (Å²) >= 11 is 0. The highest BCUT2D eigenvalue weighted by Gasteiger charge is 2.25. The summed E-state index contributed by atoms with van der Waals surface area (Å²) in [5, 5.41) is 1.16. The Morgan fingerprint density at radius 1 is 1.40 bits per heavy atom. The standard InChI is InChI=1S/C16H18N2O2/c1-9(2)16(19)15-14-12(6-7-17-15)11-5-4-10(20-3)8-13(11)18-14/h4-5,8-9,18H,6-7H2,1-3H3. The minimum absolute atomic E-state index is 0.0411. The zero-order valence-electron chi connectivity index (χ0n) is 12.0. The van der Waals surface area contributed by atoms with E-state index in [0.29, 0.717) is 12.3 Å². The molecule has 2 heterocycles. The predicted molar refractivity (Wildman–Crippen MR) is 79.8 cm³/mol. The summed E-state index contributed by atoms with van der Waals surface area (Å²) in [5.74, 6) is 0.870. The number of benzene rings is 1. The van der Waals surface area contributed by atoms with Crippen LogP contribution in [-0.4, -0.2) is 30.1 Å². The van der Waals surface area contributed by atoms with Crippen LogP contribution in [-0.2, 0) is 11.2 Å².